The highest BCUT2D eigenvalue weighted by atomic mass is 32.2. The van der Waals surface area contributed by atoms with Crippen LogP contribution >= 0.6 is 11.8 Å². The van der Waals surface area contributed by atoms with E-state index < -0.39 is 5.25 Å². The minimum absolute atomic E-state index is 0.00859. The summed E-state index contributed by atoms with van der Waals surface area (Å²) in [4.78, 5) is 24.3. The van der Waals surface area contributed by atoms with Crippen molar-refractivity contribution in [3.05, 3.63) is 47.9 Å². The minimum atomic E-state index is -0.570. The molecule has 0 bridgehead atoms. The number of rotatable bonds is 6. The van der Waals surface area contributed by atoms with Crippen LogP contribution < -0.4 is 15.4 Å². The van der Waals surface area contributed by atoms with Gasteiger partial charge in [-0.1, -0.05) is 23.9 Å². The number of amidine groups is 1. The van der Waals surface area contributed by atoms with Crippen molar-refractivity contribution >= 4 is 40.6 Å². The molecule has 2 N–H and O–H groups in total. The van der Waals surface area contributed by atoms with E-state index >= 15 is 0 Å². The molecule has 140 valence electrons. The van der Waals surface area contributed by atoms with Crippen molar-refractivity contribution in [1.29, 1.82) is 0 Å². The van der Waals surface area contributed by atoms with Gasteiger partial charge in [0.2, 0.25) is 11.8 Å². The molecule has 8 nitrogen and oxygen atoms in total. The van der Waals surface area contributed by atoms with Crippen molar-refractivity contribution in [3.8, 4) is 5.75 Å². The van der Waals surface area contributed by atoms with Gasteiger partial charge in [0, 0.05) is 6.42 Å². The van der Waals surface area contributed by atoms with Crippen LogP contribution in [0.15, 0.2) is 51.0 Å². The Morgan fingerprint density at radius 1 is 1.37 bits per heavy atom. The van der Waals surface area contributed by atoms with Crippen molar-refractivity contribution in [2.24, 2.45) is 10.2 Å². The van der Waals surface area contributed by atoms with Gasteiger partial charge in [0.15, 0.2) is 5.17 Å². The maximum atomic E-state index is 12.2. The van der Waals surface area contributed by atoms with E-state index in [9.17, 15) is 9.59 Å². The number of nitrogens with one attached hydrogen (secondary N) is 2. The average molecular weight is 386 g/mol. The lowest BCUT2D eigenvalue weighted by molar-refractivity contribution is -0.122. The van der Waals surface area contributed by atoms with Gasteiger partial charge in [0.25, 0.3) is 0 Å². The van der Waals surface area contributed by atoms with Gasteiger partial charge in [0.1, 0.15) is 22.5 Å². The van der Waals surface area contributed by atoms with E-state index in [-0.39, 0.29) is 18.2 Å². The third-order valence-electron chi connectivity index (χ3n) is 3.62. The van der Waals surface area contributed by atoms with Crippen LogP contribution in [-0.2, 0) is 9.59 Å². The first-order chi connectivity index (χ1) is 13.0. The van der Waals surface area contributed by atoms with Gasteiger partial charge in [0.05, 0.1) is 19.0 Å². The molecule has 1 saturated heterocycles. The lowest BCUT2D eigenvalue weighted by Crippen LogP contribution is -2.28. The number of hydrogen-bond acceptors (Lipinski definition) is 7. The van der Waals surface area contributed by atoms with Crippen LogP contribution in [0.25, 0.3) is 0 Å². The molecule has 0 unspecified atom stereocenters. The molecule has 3 rings (SSSR count). The first-order valence-electron chi connectivity index (χ1n) is 8.13. The lowest BCUT2D eigenvalue weighted by atomic mass is 10.2. The predicted molar refractivity (Wildman–Crippen MR) is 104 cm³/mol. The Morgan fingerprint density at radius 3 is 2.93 bits per heavy atom. The number of methoxy groups -OCH3 is 1. The molecule has 9 heteroatoms. The Hall–Kier alpha value is -3.07. The number of para-hydroxylation sites is 2. The minimum Gasteiger partial charge on any atom is -0.495 e. The summed E-state index contributed by atoms with van der Waals surface area (Å²) in [6, 6.07) is 10.7. The predicted octanol–water partition coefficient (Wildman–Crippen LogP) is 2.55. The fourth-order valence-electron chi connectivity index (χ4n) is 2.37. The normalized spacial score (nSPS) is 18.1. The number of furan rings is 1. The number of thioether (sulfide) groups is 1. The molecular weight excluding hydrogens is 368 g/mol. The average Bonchev–Trinajstić information content (AvgIpc) is 3.21. The fourth-order valence-corrected chi connectivity index (χ4v) is 3.29. The number of hydrogen-bond donors (Lipinski definition) is 2. The van der Waals surface area contributed by atoms with Gasteiger partial charge in [-0.05, 0) is 31.2 Å². The Labute approximate surface area is 160 Å². The molecule has 0 aliphatic carbocycles. The van der Waals surface area contributed by atoms with E-state index in [2.05, 4.69) is 20.8 Å². The van der Waals surface area contributed by atoms with Crippen LogP contribution in [0.2, 0.25) is 0 Å². The highest BCUT2D eigenvalue weighted by molar-refractivity contribution is 8.15. The molecule has 1 fully saturated rings. The molecule has 0 saturated carbocycles. The lowest BCUT2D eigenvalue weighted by Gasteiger charge is -2.10. The van der Waals surface area contributed by atoms with E-state index in [1.165, 1.54) is 13.3 Å². The number of nitrogens with zero attached hydrogens (tertiary/aromatic N) is 2. The van der Waals surface area contributed by atoms with E-state index in [0.29, 0.717) is 22.4 Å². The number of carbonyl (C=O) groups is 2. The number of ether oxygens (including phenoxy) is 1. The Kier molecular flexibility index (Phi) is 5.92. The zero-order valence-corrected chi connectivity index (χ0v) is 15.6. The zero-order valence-electron chi connectivity index (χ0n) is 14.8. The van der Waals surface area contributed by atoms with Crippen LogP contribution in [0, 0.1) is 6.92 Å². The van der Waals surface area contributed by atoms with E-state index in [4.69, 9.17) is 9.15 Å². The van der Waals surface area contributed by atoms with E-state index in [1.807, 2.05) is 19.1 Å². The van der Waals surface area contributed by atoms with Gasteiger partial charge in [-0.2, -0.15) is 5.10 Å². The second-order valence-corrected chi connectivity index (χ2v) is 6.84. The number of carbonyl (C=O) groups excluding carboxylic acids is 2. The highest BCUT2D eigenvalue weighted by Crippen LogP contribution is 2.26. The molecule has 2 heterocycles. The highest BCUT2D eigenvalue weighted by Gasteiger charge is 2.32. The molecule has 27 heavy (non-hydrogen) atoms. The molecule has 1 aliphatic heterocycles. The molecule has 0 radical (unpaired) electrons. The first-order valence-corrected chi connectivity index (χ1v) is 9.01. The largest absolute Gasteiger partial charge is 0.495 e. The summed E-state index contributed by atoms with van der Waals surface area (Å²) in [7, 11) is 1.53. The SMILES string of the molecule is COc1ccccc1NC(=O)C[C@@H]1SC(=NN=Cc2ccc(C)o2)NC1=O. The van der Waals surface area contributed by atoms with Crippen molar-refractivity contribution in [3.63, 3.8) is 0 Å². The summed E-state index contributed by atoms with van der Waals surface area (Å²) in [5.41, 5.74) is 0.556. The Balaban J connectivity index is 1.56. The number of benzene rings is 1. The van der Waals surface area contributed by atoms with E-state index in [0.717, 1.165) is 17.5 Å². The molecule has 1 atom stereocenters. The standard InChI is InChI=1S/C18H18N4O4S/c1-11-7-8-12(26-11)10-19-22-18-21-17(24)15(27-18)9-16(23)20-13-5-3-4-6-14(13)25-2/h3-8,10,15H,9H2,1-2H3,(H,20,23)(H,21,22,24)/t15-/m0/s1. The third-order valence-corrected chi connectivity index (χ3v) is 4.70. The number of aryl methyl sites for hydroxylation is 1. The third kappa shape index (κ3) is 4.98. The van der Waals surface area contributed by atoms with Crippen molar-refractivity contribution in [2.75, 3.05) is 12.4 Å². The summed E-state index contributed by atoms with van der Waals surface area (Å²) in [5, 5.41) is 13.0. The second kappa shape index (κ2) is 8.54. The Bertz CT molecular complexity index is 906. The smallest absolute Gasteiger partial charge is 0.240 e. The fraction of sp³-hybridized carbons (Fsp3) is 0.222. The molecule has 2 amide bonds. The van der Waals surface area contributed by atoms with Crippen LogP contribution in [0.5, 0.6) is 5.75 Å². The van der Waals surface area contributed by atoms with Gasteiger partial charge in [-0.15, -0.1) is 5.10 Å². The summed E-state index contributed by atoms with van der Waals surface area (Å²) in [6.07, 6.45) is 1.46. The monoisotopic (exact) mass is 386 g/mol. The second-order valence-electron chi connectivity index (χ2n) is 5.65. The van der Waals surface area contributed by atoms with Gasteiger partial charge >= 0.3 is 0 Å². The topological polar surface area (TPSA) is 105 Å². The molecule has 1 aromatic heterocycles. The van der Waals surface area contributed by atoms with Crippen LogP contribution in [0.4, 0.5) is 5.69 Å². The summed E-state index contributed by atoms with van der Waals surface area (Å²) < 4.78 is 10.5. The van der Waals surface area contributed by atoms with Gasteiger partial charge < -0.3 is 19.8 Å². The number of amides is 2. The van der Waals surface area contributed by atoms with Crippen molar-refractivity contribution in [1.82, 2.24) is 5.32 Å². The summed E-state index contributed by atoms with van der Waals surface area (Å²) in [5.74, 6) is 1.33. The number of anilines is 1. The van der Waals surface area contributed by atoms with Gasteiger partial charge in [-0.3, -0.25) is 9.59 Å². The van der Waals surface area contributed by atoms with Gasteiger partial charge in [-0.25, -0.2) is 0 Å². The van der Waals surface area contributed by atoms with E-state index in [1.54, 1.807) is 24.3 Å². The van der Waals surface area contributed by atoms with Crippen molar-refractivity contribution in [2.45, 2.75) is 18.6 Å². The van der Waals surface area contributed by atoms with Crippen LogP contribution in [0.1, 0.15) is 17.9 Å². The van der Waals surface area contributed by atoms with Crippen LogP contribution in [0.3, 0.4) is 0 Å². The van der Waals surface area contributed by atoms with Crippen LogP contribution in [-0.4, -0.2) is 35.6 Å². The maximum absolute atomic E-state index is 12.2. The summed E-state index contributed by atoms with van der Waals surface area (Å²) >= 11 is 1.16. The molecule has 1 aliphatic rings. The first kappa shape index (κ1) is 18.7. The quantitative estimate of drug-likeness (QED) is 0.586. The molecular formula is C18H18N4O4S. The maximum Gasteiger partial charge on any atom is 0.240 e. The Morgan fingerprint density at radius 2 is 2.19 bits per heavy atom. The molecule has 0 spiro atoms. The zero-order chi connectivity index (χ0) is 19.2. The molecule has 2 aromatic rings. The molecule has 1 aromatic carbocycles. The van der Waals surface area contributed by atoms with Crippen molar-refractivity contribution < 1.29 is 18.7 Å². The summed E-state index contributed by atoms with van der Waals surface area (Å²) in [6.45, 7) is 1.83.